The zero-order valence-electron chi connectivity index (χ0n) is 13.0. The minimum absolute atomic E-state index is 0.0223. The third-order valence-electron chi connectivity index (χ3n) is 3.37. The van der Waals surface area contributed by atoms with Crippen molar-refractivity contribution in [3.05, 3.63) is 35.4 Å². The fourth-order valence-electron chi connectivity index (χ4n) is 2.01. The Kier molecular flexibility index (Phi) is 7.08. The summed E-state index contributed by atoms with van der Waals surface area (Å²) in [6, 6.07) is 6.30. The van der Waals surface area contributed by atoms with Crippen molar-refractivity contribution in [2.24, 2.45) is 0 Å². The molecule has 0 unspecified atom stereocenters. The Balaban J connectivity index is 2.37. The molecule has 0 atom stereocenters. The van der Waals surface area contributed by atoms with Crippen molar-refractivity contribution in [1.29, 1.82) is 0 Å². The van der Waals surface area contributed by atoms with Crippen molar-refractivity contribution < 1.29 is 19.5 Å². The van der Waals surface area contributed by atoms with Gasteiger partial charge in [0.05, 0.1) is 5.56 Å². The van der Waals surface area contributed by atoms with Crippen LogP contribution in [-0.2, 0) is 16.1 Å². The smallest absolute Gasteiger partial charge is 0.335 e. The molecule has 1 rings (SSSR count). The Morgan fingerprint density at radius 2 is 1.64 bits per heavy atom. The first kappa shape index (κ1) is 17.7. The summed E-state index contributed by atoms with van der Waals surface area (Å²) in [5.74, 6) is -1.20. The van der Waals surface area contributed by atoms with E-state index in [2.05, 4.69) is 5.32 Å². The van der Waals surface area contributed by atoms with Gasteiger partial charge in [-0.15, -0.1) is 0 Å². The molecular weight excluding hydrogens is 284 g/mol. The molecule has 0 saturated carbocycles. The number of carboxylic acids is 1. The first-order valence-corrected chi connectivity index (χ1v) is 7.34. The largest absolute Gasteiger partial charge is 0.478 e. The van der Waals surface area contributed by atoms with Gasteiger partial charge in [-0.05, 0) is 31.5 Å². The lowest BCUT2D eigenvalue weighted by atomic mass is 10.1. The summed E-state index contributed by atoms with van der Waals surface area (Å²) in [7, 11) is 0. The molecule has 22 heavy (non-hydrogen) atoms. The standard InChI is InChI=1S/C16H22N2O4/c1-3-18(4-2)15(20)10-9-14(19)17-11-12-5-7-13(8-6-12)16(21)22/h5-8H,3-4,9-11H2,1-2H3,(H,17,19)(H,21,22). The third-order valence-corrected chi connectivity index (χ3v) is 3.37. The summed E-state index contributed by atoms with van der Waals surface area (Å²) in [6.07, 6.45) is 0.355. The summed E-state index contributed by atoms with van der Waals surface area (Å²) in [6.45, 7) is 5.42. The number of hydrogen-bond acceptors (Lipinski definition) is 3. The molecule has 0 aliphatic heterocycles. The molecule has 0 radical (unpaired) electrons. The number of benzene rings is 1. The van der Waals surface area contributed by atoms with Crippen molar-refractivity contribution in [1.82, 2.24) is 10.2 Å². The van der Waals surface area contributed by atoms with E-state index in [9.17, 15) is 14.4 Å². The maximum absolute atomic E-state index is 11.8. The van der Waals surface area contributed by atoms with Crippen molar-refractivity contribution in [3.8, 4) is 0 Å². The lowest BCUT2D eigenvalue weighted by molar-refractivity contribution is -0.133. The Bertz CT molecular complexity index is 521. The van der Waals surface area contributed by atoms with Gasteiger partial charge < -0.3 is 15.3 Å². The molecule has 1 aromatic rings. The number of carboxylic acid groups (broad SMARTS) is 1. The fraction of sp³-hybridized carbons (Fsp3) is 0.438. The van der Waals surface area contributed by atoms with Crippen LogP contribution in [0.4, 0.5) is 0 Å². The molecular formula is C16H22N2O4. The van der Waals surface area contributed by atoms with Gasteiger partial charge in [0.15, 0.2) is 0 Å². The molecule has 6 heteroatoms. The van der Waals surface area contributed by atoms with Crippen LogP contribution in [0.25, 0.3) is 0 Å². The lowest BCUT2D eigenvalue weighted by Crippen LogP contribution is -2.32. The van der Waals surface area contributed by atoms with E-state index in [4.69, 9.17) is 5.11 Å². The molecule has 2 N–H and O–H groups in total. The molecule has 0 bridgehead atoms. The van der Waals surface area contributed by atoms with Crippen molar-refractivity contribution in [2.75, 3.05) is 13.1 Å². The lowest BCUT2D eigenvalue weighted by Gasteiger charge is -2.18. The zero-order valence-corrected chi connectivity index (χ0v) is 13.0. The van der Waals surface area contributed by atoms with E-state index in [1.807, 2.05) is 13.8 Å². The highest BCUT2D eigenvalue weighted by Crippen LogP contribution is 2.05. The van der Waals surface area contributed by atoms with Gasteiger partial charge in [-0.1, -0.05) is 12.1 Å². The van der Waals surface area contributed by atoms with Crippen LogP contribution in [0.2, 0.25) is 0 Å². The second-order valence-electron chi connectivity index (χ2n) is 4.84. The first-order chi connectivity index (χ1) is 10.5. The van der Waals surface area contributed by atoms with E-state index in [1.54, 1.807) is 17.0 Å². The molecule has 120 valence electrons. The minimum Gasteiger partial charge on any atom is -0.478 e. The first-order valence-electron chi connectivity index (χ1n) is 7.34. The third kappa shape index (κ3) is 5.55. The summed E-state index contributed by atoms with van der Waals surface area (Å²) < 4.78 is 0. The highest BCUT2D eigenvalue weighted by Gasteiger charge is 2.11. The van der Waals surface area contributed by atoms with Crippen LogP contribution in [0.5, 0.6) is 0 Å². The van der Waals surface area contributed by atoms with Gasteiger partial charge in [0.1, 0.15) is 0 Å². The molecule has 0 fully saturated rings. The molecule has 0 aromatic heterocycles. The molecule has 0 spiro atoms. The van der Waals surface area contributed by atoms with Gasteiger partial charge in [-0.3, -0.25) is 9.59 Å². The van der Waals surface area contributed by atoms with Crippen LogP contribution in [0.1, 0.15) is 42.6 Å². The van der Waals surface area contributed by atoms with Gasteiger partial charge in [0.2, 0.25) is 11.8 Å². The van der Waals surface area contributed by atoms with Crippen LogP contribution in [0.3, 0.4) is 0 Å². The number of nitrogens with zero attached hydrogens (tertiary/aromatic N) is 1. The normalized spacial score (nSPS) is 10.1. The van der Waals surface area contributed by atoms with E-state index in [1.165, 1.54) is 12.1 Å². The Labute approximate surface area is 130 Å². The molecule has 6 nitrogen and oxygen atoms in total. The molecule has 0 aliphatic carbocycles. The number of amides is 2. The average molecular weight is 306 g/mol. The highest BCUT2D eigenvalue weighted by atomic mass is 16.4. The highest BCUT2D eigenvalue weighted by molar-refractivity contribution is 5.87. The topological polar surface area (TPSA) is 86.7 Å². The van der Waals surface area contributed by atoms with Crippen LogP contribution in [0.15, 0.2) is 24.3 Å². The summed E-state index contributed by atoms with van der Waals surface area (Å²) in [5.41, 5.74) is 1.02. The van der Waals surface area contributed by atoms with Crippen LogP contribution >= 0.6 is 0 Å². The number of carbonyl (C=O) groups excluding carboxylic acids is 2. The van der Waals surface area contributed by atoms with Gasteiger partial charge in [-0.25, -0.2) is 4.79 Å². The molecule has 0 saturated heterocycles. The molecule has 0 aliphatic rings. The quantitative estimate of drug-likeness (QED) is 0.764. The van der Waals surface area contributed by atoms with Crippen molar-refractivity contribution in [2.45, 2.75) is 33.2 Å². The van der Waals surface area contributed by atoms with E-state index in [0.717, 1.165) is 5.56 Å². The fourth-order valence-corrected chi connectivity index (χ4v) is 2.01. The number of hydrogen-bond donors (Lipinski definition) is 2. The van der Waals surface area contributed by atoms with Crippen LogP contribution < -0.4 is 5.32 Å². The molecule has 1 aromatic carbocycles. The monoisotopic (exact) mass is 306 g/mol. The maximum atomic E-state index is 11.8. The van der Waals surface area contributed by atoms with E-state index in [-0.39, 0.29) is 30.2 Å². The number of rotatable bonds is 8. The van der Waals surface area contributed by atoms with Gasteiger partial charge >= 0.3 is 5.97 Å². The Morgan fingerprint density at radius 3 is 2.14 bits per heavy atom. The predicted molar refractivity (Wildman–Crippen MR) is 82.4 cm³/mol. The van der Waals surface area contributed by atoms with Crippen molar-refractivity contribution in [3.63, 3.8) is 0 Å². The van der Waals surface area contributed by atoms with E-state index in [0.29, 0.717) is 19.6 Å². The molecule has 0 heterocycles. The Hall–Kier alpha value is -2.37. The zero-order chi connectivity index (χ0) is 16.5. The van der Waals surface area contributed by atoms with E-state index < -0.39 is 5.97 Å². The average Bonchev–Trinajstić information content (AvgIpc) is 2.52. The summed E-state index contributed by atoms with van der Waals surface area (Å²) >= 11 is 0. The van der Waals surface area contributed by atoms with E-state index >= 15 is 0 Å². The second-order valence-corrected chi connectivity index (χ2v) is 4.84. The molecule has 2 amide bonds. The van der Waals surface area contributed by atoms with Gasteiger partial charge in [0.25, 0.3) is 0 Å². The number of aromatic carboxylic acids is 1. The summed E-state index contributed by atoms with van der Waals surface area (Å²) in [4.78, 5) is 35.9. The maximum Gasteiger partial charge on any atom is 0.335 e. The number of carbonyl (C=O) groups is 3. The van der Waals surface area contributed by atoms with Gasteiger partial charge in [-0.2, -0.15) is 0 Å². The SMILES string of the molecule is CCN(CC)C(=O)CCC(=O)NCc1ccc(C(=O)O)cc1. The Morgan fingerprint density at radius 1 is 1.05 bits per heavy atom. The minimum atomic E-state index is -0.981. The summed E-state index contributed by atoms with van der Waals surface area (Å²) in [5, 5.41) is 11.5. The predicted octanol–water partition coefficient (Wildman–Crippen LogP) is 1.65. The second kappa shape index (κ2) is 8.81. The van der Waals surface area contributed by atoms with Crippen molar-refractivity contribution >= 4 is 17.8 Å². The van der Waals surface area contributed by atoms with Crippen LogP contribution in [-0.4, -0.2) is 40.9 Å². The number of nitrogens with one attached hydrogen (secondary N) is 1. The van der Waals surface area contributed by atoms with Crippen LogP contribution in [0, 0.1) is 0 Å². The van der Waals surface area contributed by atoms with Gasteiger partial charge in [0, 0.05) is 32.5 Å².